The van der Waals surface area contributed by atoms with Crippen molar-refractivity contribution in [1.82, 2.24) is 19.5 Å². The molecule has 2 N–H and O–H groups in total. The zero-order valence-corrected chi connectivity index (χ0v) is 21.4. The number of benzene rings is 1. The summed E-state index contributed by atoms with van der Waals surface area (Å²) in [7, 11) is 0. The van der Waals surface area contributed by atoms with Gasteiger partial charge in [-0.15, -0.1) is 0 Å². The summed E-state index contributed by atoms with van der Waals surface area (Å²) in [6.07, 6.45) is 8.32. The second-order valence-electron chi connectivity index (χ2n) is 9.34. The molecule has 0 amide bonds. The Morgan fingerprint density at radius 2 is 1.86 bits per heavy atom. The third kappa shape index (κ3) is 5.53. The van der Waals surface area contributed by atoms with E-state index in [4.69, 9.17) is 4.98 Å². The van der Waals surface area contributed by atoms with Gasteiger partial charge in [-0.3, -0.25) is 0 Å². The van der Waals surface area contributed by atoms with Gasteiger partial charge in [0.1, 0.15) is 17.5 Å². The summed E-state index contributed by atoms with van der Waals surface area (Å²) in [6, 6.07) is 17.2. The van der Waals surface area contributed by atoms with Crippen LogP contribution in [0.1, 0.15) is 32.7 Å². The molecular formula is C27H33N7S. The lowest BCUT2D eigenvalue weighted by atomic mass is 9.97. The van der Waals surface area contributed by atoms with E-state index >= 15 is 0 Å². The molecule has 5 rings (SSSR count). The molecule has 3 aromatic heterocycles. The number of piperidine rings is 1. The first-order chi connectivity index (χ1) is 17.1. The summed E-state index contributed by atoms with van der Waals surface area (Å²) in [5, 5.41) is 9.04. The molecule has 0 spiro atoms. The van der Waals surface area contributed by atoms with Crippen molar-refractivity contribution in [3.05, 3.63) is 60.9 Å². The van der Waals surface area contributed by atoms with E-state index in [0.717, 1.165) is 60.8 Å². The van der Waals surface area contributed by atoms with Gasteiger partial charge < -0.3 is 20.1 Å². The van der Waals surface area contributed by atoms with Crippen LogP contribution in [0.3, 0.4) is 0 Å². The Morgan fingerprint density at radius 1 is 1.03 bits per heavy atom. The molecule has 0 aliphatic carbocycles. The first-order valence-electron chi connectivity index (χ1n) is 12.3. The SMILES string of the molecule is CSc1nc(NCC2CCN(c3ccccn3)CC2)cc(Nc2ccc3c(ccn3C(C)C)c2)n1. The Labute approximate surface area is 211 Å². The monoisotopic (exact) mass is 487 g/mol. The predicted molar refractivity (Wildman–Crippen MR) is 147 cm³/mol. The summed E-state index contributed by atoms with van der Waals surface area (Å²) in [6.45, 7) is 7.40. The van der Waals surface area contributed by atoms with Crippen LogP contribution in [-0.2, 0) is 0 Å². The molecule has 1 aliphatic rings. The van der Waals surface area contributed by atoms with E-state index in [1.54, 1.807) is 11.8 Å². The molecule has 182 valence electrons. The summed E-state index contributed by atoms with van der Waals surface area (Å²) < 4.78 is 2.29. The highest BCUT2D eigenvalue weighted by molar-refractivity contribution is 7.98. The van der Waals surface area contributed by atoms with Crippen molar-refractivity contribution in [2.45, 2.75) is 37.9 Å². The maximum absolute atomic E-state index is 4.69. The molecule has 8 heteroatoms. The number of fused-ring (bicyclic) bond motifs is 1. The van der Waals surface area contributed by atoms with Crippen LogP contribution in [0.15, 0.2) is 66.1 Å². The van der Waals surface area contributed by atoms with E-state index in [1.165, 1.54) is 10.9 Å². The summed E-state index contributed by atoms with van der Waals surface area (Å²) >= 11 is 1.56. The average molecular weight is 488 g/mol. The van der Waals surface area contributed by atoms with Crippen LogP contribution < -0.4 is 15.5 Å². The van der Waals surface area contributed by atoms with Crippen molar-refractivity contribution >= 4 is 45.8 Å². The molecule has 0 radical (unpaired) electrons. The standard InChI is InChI=1S/C27H33N7S/c1-19(2)34-15-11-21-16-22(7-8-23(21)34)30-25-17-24(31-27(32-25)35-3)29-18-20-9-13-33(14-10-20)26-6-4-5-12-28-26/h4-8,11-12,15-17,19-20H,9-10,13-14,18H2,1-3H3,(H2,29,30,31,32). The van der Waals surface area contributed by atoms with Gasteiger partial charge in [0.25, 0.3) is 0 Å². The molecule has 1 fully saturated rings. The van der Waals surface area contributed by atoms with E-state index < -0.39 is 0 Å². The maximum atomic E-state index is 4.69. The Bertz CT molecular complexity index is 1260. The van der Waals surface area contributed by atoms with Crippen molar-refractivity contribution in [3.63, 3.8) is 0 Å². The average Bonchev–Trinajstić information content (AvgIpc) is 3.32. The van der Waals surface area contributed by atoms with Gasteiger partial charge in [0.05, 0.1) is 0 Å². The van der Waals surface area contributed by atoms with Crippen LogP contribution in [0.2, 0.25) is 0 Å². The van der Waals surface area contributed by atoms with Crippen LogP contribution in [0.5, 0.6) is 0 Å². The molecule has 35 heavy (non-hydrogen) atoms. The van der Waals surface area contributed by atoms with Crippen molar-refractivity contribution in [1.29, 1.82) is 0 Å². The van der Waals surface area contributed by atoms with Gasteiger partial charge in [-0.1, -0.05) is 17.8 Å². The highest BCUT2D eigenvalue weighted by Gasteiger charge is 2.20. The number of thioether (sulfide) groups is 1. The first kappa shape index (κ1) is 23.5. The van der Waals surface area contributed by atoms with Crippen molar-refractivity contribution < 1.29 is 0 Å². The predicted octanol–water partition coefficient (Wildman–Crippen LogP) is 6.20. The van der Waals surface area contributed by atoms with E-state index in [-0.39, 0.29) is 0 Å². The fraction of sp³-hybridized carbons (Fsp3) is 0.370. The van der Waals surface area contributed by atoms with Gasteiger partial charge in [0, 0.05) is 60.7 Å². The lowest BCUT2D eigenvalue weighted by molar-refractivity contribution is 0.421. The van der Waals surface area contributed by atoms with Gasteiger partial charge in [-0.2, -0.15) is 0 Å². The molecule has 0 atom stereocenters. The van der Waals surface area contributed by atoms with Crippen molar-refractivity contribution in [2.24, 2.45) is 5.92 Å². The third-order valence-corrected chi connectivity index (χ3v) is 7.14. The normalized spacial score (nSPS) is 14.6. The number of nitrogens with one attached hydrogen (secondary N) is 2. The molecule has 0 unspecified atom stereocenters. The summed E-state index contributed by atoms with van der Waals surface area (Å²) in [5.74, 6) is 3.37. The van der Waals surface area contributed by atoms with Gasteiger partial charge in [0.2, 0.25) is 0 Å². The third-order valence-electron chi connectivity index (χ3n) is 6.60. The smallest absolute Gasteiger partial charge is 0.191 e. The van der Waals surface area contributed by atoms with Gasteiger partial charge >= 0.3 is 0 Å². The van der Waals surface area contributed by atoms with Crippen molar-refractivity contribution in [2.75, 3.05) is 41.4 Å². The molecule has 0 bridgehead atoms. The molecular weight excluding hydrogens is 454 g/mol. The van der Waals surface area contributed by atoms with Crippen molar-refractivity contribution in [3.8, 4) is 0 Å². The minimum absolute atomic E-state index is 0.438. The molecule has 7 nitrogen and oxygen atoms in total. The minimum atomic E-state index is 0.438. The summed E-state index contributed by atoms with van der Waals surface area (Å²) in [5.41, 5.74) is 2.27. The zero-order chi connectivity index (χ0) is 24.2. The lowest BCUT2D eigenvalue weighted by Gasteiger charge is -2.32. The number of hydrogen-bond acceptors (Lipinski definition) is 7. The number of anilines is 4. The molecule has 1 aromatic carbocycles. The van der Waals surface area contributed by atoms with E-state index in [9.17, 15) is 0 Å². The maximum Gasteiger partial charge on any atom is 0.191 e. The summed E-state index contributed by atoms with van der Waals surface area (Å²) in [4.78, 5) is 16.2. The van der Waals surface area contributed by atoms with Gasteiger partial charge in [0.15, 0.2) is 5.16 Å². The Morgan fingerprint density at radius 3 is 2.60 bits per heavy atom. The van der Waals surface area contributed by atoms with Crippen LogP contribution in [0.4, 0.5) is 23.1 Å². The molecule has 0 saturated carbocycles. The minimum Gasteiger partial charge on any atom is -0.370 e. The molecule has 4 heterocycles. The number of rotatable bonds is 8. The topological polar surface area (TPSA) is 70.9 Å². The van der Waals surface area contributed by atoms with E-state index in [1.807, 2.05) is 24.6 Å². The molecule has 1 aliphatic heterocycles. The van der Waals surface area contributed by atoms with Crippen LogP contribution in [-0.4, -0.2) is 45.4 Å². The van der Waals surface area contributed by atoms with Crippen LogP contribution in [0, 0.1) is 5.92 Å². The van der Waals surface area contributed by atoms with Gasteiger partial charge in [-0.25, -0.2) is 15.0 Å². The second kappa shape index (κ2) is 10.6. The Hall–Kier alpha value is -3.26. The second-order valence-corrected chi connectivity index (χ2v) is 10.1. The number of hydrogen-bond donors (Lipinski definition) is 2. The number of nitrogens with zero attached hydrogens (tertiary/aromatic N) is 5. The van der Waals surface area contributed by atoms with Gasteiger partial charge in [-0.05, 0) is 75.3 Å². The van der Waals surface area contributed by atoms with E-state index in [2.05, 4.69) is 86.5 Å². The highest BCUT2D eigenvalue weighted by Crippen LogP contribution is 2.27. The molecule has 4 aromatic rings. The Balaban J connectivity index is 1.22. The number of aromatic nitrogens is 4. The van der Waals surface area contributed by atoms with Crippen LogP contribution in [0.25, 0.3) is 10.9 Å². The Kier molecular flexibility index (Phi) is 7.08. The number of pyridine rings is 1. The quantitative estimate of drug-likeness (QED) is 0.226. The largest absolute Gasteiger partial charge is 0.370 e. The zero-order valence-electron chi connectivity index (χ0n) is 20.6. The lowest BCUT2D eigenvalue weighted by Crippen LogP contribution is -2.36. The fourth-order valence-electron chi connectivity index (χ4n) is 4.67. The highest BCUT2D eigenvalue weighted by atomic mass is 32.2. The van der Waals surface area contributed by atoms with Crippen LogP contribution >= 0.6 is 11.8 Å². The van der Waals surface area contributed by atoms with E-state index in [0.29, 0.717) is 12.0 Å². The molecule has 1 saturated heterocycles. The fourth-order valence-corrected chi connectivity index (χ4v) is 5.05. The first-order valence-corrected chi connectivity index (χ1v) is 13.5.